The number of hydrogen-bond donors (Lipinski definition) is 2. The van der Waals surface area contributed by atoms with Crippen LogP contribution >= 0.6 is 0 Å². The Kier molecular flexibility index (Phi) is 3.55. The molecule has 2 amide bonds. The Hall–Kier alpha value is -1.72. The molecule has 21 heavy (non-hydrogen) atoms. The molecule has 1 fully saturated rings. The Balaban J connectivity index is 1.97. The Morgan fingerprint density at radius 1 is 1.24 bits per heavy atom. The monoisotopic (exact) mass is 288 g/mol. The van der Waals surface area contributed by atoms with Crippen LogP contribution in [0.3, 0.4) is 0 Å². The first-order valence-electron chi connectivity index (χ1n) is 7.38. The van der Waals surface area contributed by atoms with Gasteiger partial charge in [0.25, 0.3) is 0 Å². The van der Waals surface area contributed by atoms with Gasteiger partial charge in [0.2, 0.25) is 11.8 Å². The van der Waals surface area contributed by atoms with E-state index in [2.05, 4.69) is 12.2 Å². The minimum absolute atomic E-state index is 0.00357. The minimum atomic E-state index is -0.825. The zero-order chi connectivity index (χ0) is 15.1. The third kappa shape index (κ3) is 2.36. The van der Waals surface area contributed by atoms with Crippen LogP contribution in [0.1, 0.15) is 50.0 Å². The highest BCUT2D eigenvalue weighted by atomic mass is 16.3. The highest BCUT2D eigenvalue weighted by Gasteiger charge is 2.41. The third-order valence-electron chi connectivity index (χ3n) is 4.78. The summed E-state index contributed by atoms with van der Waals surface area (Å²) in [7, 11) is 0. The molecular weight excluding hydrogens is 268 g/mol. The summed E-state index contributed by atoms with van der Waals surface area (Å²) in [4.78, 5) is 25.3. The van der Waals surface area contributed by atoms with Gasteiger partial charge in [0.05, 0.1) is 6.04 Å². The molecule has 1 saturated heterocycles. The van der Waals surface area contributed by atoms with Crippen molar-refractivity contribution in [1.82, 2.24) is 10.2 Å². The number of benzene rings is 1. The molecule has 4 atom stereocenters. The lowest BCUT2D eigenvalue weighted by atomic mass is 9.93. The van der Waals surface area contributed by atoms with Crippen LogP contribution in [0.4, 0.5) is 0 Å². The van der Waals surface area contributed by atoms with E-state index >= 15 is 0 Å². The van der Waals surface area contributed by atoms with Gasteiger partial charge in [-0.1, -0.05) is 31.2 Å². The molecular formula is C16H20N2O3. The zero-order valence-corrected chi connectivity index (χ0v) is 12.2. The lowest BCUT2D eigenvalue weighted by Crippen LogP contribution is -2.56. The van der Waals surface area contributed by atoms with E-state index in [1.807, 2.05) is 36.1 Å². The predicted octanol–water partition coefficient (Wildman–Crippen LogP) is 1.29. The molecule has 2 bridgehead atoms. The molecule has 0 radical (unpaired) electrons. The SMILES string of the molecule is CC1c2cccc(c2)C(O)N(C2CCC(=O)NC2=O)[C@@H]1C. The molecule has 2 N–H and O–H groups in total. The number of imide groups is 1. The fourth-order valence-corrected chi connectivity index (χ4v) is 3.36. The largest absolute Gasteiger partial charge is 0.374 e. The van der Waals surface area contributed by atoms with Gasteiger partial charge in [0.1, 0.15) is 6.23 Å². The van der Waals surface area contributed by atoms with Crippen molar-refractivity contribution in [1.29, 1.82) is 0 Å². The first-order chi connectivity index (χ1) is 9.99. The average molecular weight is 288 g/mol. The normalized spacial score (nSPS) is 33.5. The minimum Gasteiger partial charge on any atom is -0.374 e. The van der Waals surface area contributed by atoms with Crippen LogP contribution in [-0.4, -0.2) is 33.9 Å². The zero-order valence-electron chi connectivity index (χ0n) is 12.2. The predicted molar refractivity (Wildman–Crippen MR) is 77.3 cm³/mol. The number of carbonyl (C=O) groups excluding carboxylic acids is 2. The van der Waals surface area contributed by atoms with Crippen LogP contribution in [0.15, 0.2) is 24.3 Å². The molecule has 5 heteroatoms. The summed E-state index contributed by atoms with van der Waals surface area (Å²) in [5, 5.41) is 13.1. The number of rotatable bonds is 1. The molecule has 0 spiro atoms. The van der Waals surface area contributed by atoms with E-state index in [0.717, 1.165) is 11.1 Å². The second kappa shape index (κ2) is 5.24. The number of aliphatic hydroxyl groups is 1. The number of aliphatic hydroxyl groups excluding tert-OH is 1. The molecule has 0 saturated carbocycles. The summed E-state index contributed by atoms with van der Waals surface area (Å²) in [6.07, 6.45) is -0.0542. The molecule has 1 aromatic carbocycles. The summed E-state index contributed by atoms with van der Waals surface area (Å²) < 4.78 is 0. The van der Waals surface area contributed by atoms with Crippen molar-refractivity contribution in [2.24, 2.45) is 0 Å². The van der Waals surface area contributed by atoms with Crippen LogP contribution in [0.25, 0.3) is 0 Å². The van der Waals surface area contributed by atoms with Crippen molar-refractivity contribution < 1.29 is 14.7 Å². The molecule has 3 rings (SSSR count). The van der Waals surface area contributed by atoms with Crippen molar-refractivity contribution in [3.63, 3.8) is 0 Å². The van der Waals surface area contributed by atoms with Crippen LogP contribution in [-0.2, 0) is 9.59 Å². The number of hydrogen-bond acceptors (Lipinski definition) is 4. The number of nitrogens with one attached hydrogen (secondary N) is 1. The van der Waals surface area contributed by atoms with Gasteiger partial charge < -0.3 is 5.11 Å². The molecule has 112 valence electrons. The lowest BCUT2D eigenvalue weighted by molar-refractivity contribution is -0.145. The molecule has 1 aromatic rings. The number of carbonyl (C=O) groups is 2. The number of nitrogens with zero attached hydrogens (tertiary/aromatic N) is 1. The quantitative estimate of drug-likeness (QED) is 0.764. The summed E-state index contributed by atoms with van der Waals surface area (Å²) >= 11 is 0. The van der Waals surface area contributed by atoms with Crippen molar-refractivity contribution >= 4 is 11.8 Å². The second-order valence-corrected chi connectivity index (χ2v) is 5.99. The van der Waals surface area contributed by atoms with Crippen molar-refractivity contribution in [2.45, 2.75) is 50.9 Å². The summed E-state index contributed by atoms with van der Waals surface area (Å²) in [6.45, 7) is 4.12. The van der Waals surface area contributed by atoms with Gasteiger partial charge in [-0.25, -0.2) is 0 Å². The van der Waals surface area contributed by atoms with Crippen molar-refractivity contribution in [2.75, 3.05) is 0 Å². The topological polar surface area (TPSA) is 69.6 Å². The maximum Gasteiger partial charge on any atom is 0.244 e. The van der Waals surface area contributed by atoms with Gasteiger partial charge in [-0.15, -0.1) is 0 Å². The maximum atomic E-state index is 12.2. The van der Waals surface area contributed by atoms with Gasteiger partial charge in [0.15, 0.2) is 0 Å². The molecule has 0 aromatic heterocycles. The molecule has 5 nitrogen and oxygen atoms in total. The summed E-state index contributed by atoms with van der Waals surface area (Å²) in [5.41, 5.74) is 1.96. The van der Waals surface area contributed by atoms with Gasteiger partial charge in [-0.3, -0.25) is 19.8 Å². The van der Waals surface area contributed by atoms with E-state index in [4.69, 9.17) is 0 Å². The lowest BCUT2D eigenvalue weighted by Gasteiger charge is -2.40. The smallest absolute Gasteiger partial charge is 0.244 e. The molecule has 2 heterocycles. The van der Waals surface area contributed by atoms with Crippen molar-refractivity contribution in [3.8, 4) is 0 Å². The summed E-state index contributed by atoms with van der Waals surface area (Å²) in [5.74, 6) is -0.339. The molecule has 2 aliphatic rings. The molecule has 3 unspecified atom stereocenters. The van der Waals surface area contributed by atoms with E-state index in [0.29, 0.717) is 12.8 Å². The standard InChI is InChI=1S/C16H20N2O3/c1-9-10(2)18(13-6-7-14(19)17-15(13)20)16(21)12-5-3-4-11(9)8-12/h3-5,8-10,13,16,21H,6-7H2,1-2H3,(H,17,19,20)/t9?,10-,13?,16?/m1/s1. The van der Waals surface area contributed by atoms with Gasteiger partial charge in [-0.05, 0) is 30.4 Å². The van der Waals surface area contributed by atoms with E-state index in [1.165, 1.54) is 0 Å². The van der Waals surface area contributed by atoms with Gasteiger partial charge in [-0.2, -0.15) is 0 Å². The van der Waals surface area contributed by atoms with Crippen molar-refractivity contribution in [3.05, 3.63) is 35.4 Å². The van der Waals surface area contributed by atoms with E-state index in [-0.39, 0.29) is 23.8 Å². The fraction of sp³-hybridized carbons (Fsp3) is 0.500. The number of piperidine rings is 1. The number of amides is 2. The summed E-state index contributed by atoms with van der Waals surface area (Å²) in [6, 6.07) is 7.39. The van der Waals surface area contributed by atoms with Crippen LogP contribution < -0.4 is 5.32 Å². The Morgan fingerprint density at radius 3 is 2.67 bits per heavy atom. The van der Waals surface area contributed by atoms with Crippen LogP contribution in [0, 0.1) is 0 Å². The van der Waals surface area contributed by atoms with Crippen LogP contribution in [0.2, 0.25) is 0 Å². The van der Waals surface area contributed by atoms with E-state index in [9.17, 15) is 14.7 Å². The van der Waals surface area contributed by atoms with E-state index < -0.39 is 12.3 Å². The highest BCUT2D eigenvalue weighted by Crippen LogP contribution is 2.36. The highest BCUT2D eigenvalue weighted by molar-refractivity contribution is 6.00. The Morgan fingerprint density at radius 2 is 1.95 bits per heavy atom. The van der Waals surface area contributed by atoms with E-state index in [1.54, 1.807) is 0 Å². The van der Waals surface area contributed by atoms with Crippen LogP contribution in [0.5, 0.6) is 0 Å². The Labute approximate surface area is 123 Å². The van der Waals surface area contributed by atoms with Gasteiger partial charge in [0, 0.05) is 12.5 Å². The second-order valence-electron chi connectivity index (χ2n) is 5.99. The fourth-order valence-electron chi connectivity index (χ4n) is 3.36. The first kappa shape index (κ1) is 14.2. The van der Waals surface area contributed by atoms with Gasteiger partial charge >= 0.3 is 0 Å². The maximum absolute atomic E-state index is 12.2. The average Bonchev–Trinajstić information content (AvgIpc) is 2.53. The molecule has 0 aliphatic carbocycles. The number of fused-ring (bicyclic) bond motifs is 2. The molecule has 2 aliphatic heterocycles. The first-order valence-corrected chi connectivity index (χ1v) is 7.38. The third-order valence-corrected chi connectivity index (χ3v) is 4.78. The Bertz CT molecular complexity index is 587.